The molecule has 0 spiro atoms. The summed E-state index contributed by atoms with van der Waals surface area (Å²) in [5.41, 5.74) is 2.39. The predicted molar refractivity (Wildman–Crippen MR) is 97.5 cm³/mol. The van der Waals surface area contributed by atoms with Crippen LogP contribution in [0, 0.1) is 0 Å². The number of nitrogens with zero attached hydrogens (tertiary/aromatic N) is 1. The number of nitrogens with one attached hydrogen (secondary N) is 1. The molecule has 0 bridgehead atoms. The topological polar surface area (TPSA) is 52.6 Å². The number of carbonyl (C=O) groups excluding carboxylic acids is 1. The lowest BCUT2D eigenvalue weighted by Crippen LogP contribution is -2.18. The van der Waals surface area contributed by atoms with Gasteiger partial charge in [0.05, 0.1) is 23.2 Å². The van der Waals surface area contributed by atoms with Crippen LogP contribution >= 0.6 is 11.6 Å². The Morgan fingerprint density at radius 3 is 2.54 bits per heavy atom. The third kappa shape index (κ3) is 4.08. The van der Waals surface area contributed by atoms with E-state index < -0.39 is 6.10 Å². The molecule has 2 N–H and O–H groups in total. The number of halogens is 1. The summed E-state index contributed by atoms with van der Waals surface area (Å²) < 4.78 is 0. The predicted octanol–water partition coefficient (Wildman–Crippen LogP) is 4.00. The minimum absolute atomic E-state index is 0.00943. The zero-order chi connectivity index (χ0) is 16.9. The summed E-state index contributed by atoms with van der Waals surface area (Å²) in [4.78, 5) is 14.4. The van der Waals surface area contributed by atoms with Crippen molar-refractivity contribution in [2.45, 2.75) is 25.4 Å². The summed E-state index contributed by atoms with van der Waals surface area (Å²) in [5.74, 6) is -0.239. The van der Waals surface area contributed by atoms with Gasteiger partial charge in [-0.05, 0) is 36.6 Å². The van der Waals surface area contributed by atoms with E-state index in [0.717, 1.165) is 24.3 Å². The molecule has 2 aromatic carbocycles. The number of amides is 1. The first kappa shape index (κ1) is 16.8. The summed E-state index contributed by atoms with van der Waals surface area (Å²) in [6.45, 7) is 2.05. The summed E-state index contributed by atoms with van der Waals surface area (Å²) in [6, 6.07) is 14.7. The van der Waals surface area contributed by atoms with Crippen molar-refractivity contribution in [1.29, 1.82) is 0 Å². The van der Waals surface area contributed by atoms with Gasteiger partial charge in [0, 0.05) is 18.8 Å². The summed E-state index contributed by atoms with van der Waals surface area (Å²) in [6.07, 6.45) is 1.57. The van der Waals surface area contributed by atoms with Crippen LogP contribution < -0.4 is 10.2 Å². The van der Waals surface area contributed by atoms with Gasteiger partial charge in [-0.1, -0.05) is 41.9 Å². The Balaban J connectivity index is 1.61. The van der Waals surface area contributed by atoms with Gasteiger partial charge in [0.15, 0.2) is 0 Å². The number of hydrogen-bond acceptors (Lipinski definition) is 3. The average molecular weight is 345 g/mol. The second-order valence-corrected chi connectivity index (χ2v) is 6.45. The highest BCUT2D eigenvalue weighted by Gasteiger charge is 2.16. The van der Waals surface area contributed by atoms with Gasteiger partial charge >= 0.3 is 0 Å². The zero-order valence-electron chi connectivity index (χ0n) is 13.4. The Kier molecular flexibility index (Phi) is 5.38. The van der Waals surface area contributed by atoms with Crippen LogP contribution in [0.2, 0.25) is 5.02 Å². The van der Waals surface area contributed by atoms with Gasteiger partial charge in [-0.15, -0.1) is 0 Å². The van der Waals surface area contributed by atoms with Crippen LogP contribution in [-0.4, -0.2) is 24.1 Å². The lowest BCUT2D eigenvalue weighted by molar-refractivity contribution is -0.118. The molecule has 0 aliphatic carbocycles. The number of carbonyl (C=O) groups is 1. The number of aliphatic hydroxyl groups is 1. The molecular formula is C19H21ClN2O2. The summed E-state index contributed by atoms with van der Waals surface area (Å²) in [7, 11) is 0. The lowest BCUT2D eigenvalue weighted by atomic mass is 10.1. The van der Waals surface area contributed by atoms with Crippen molar-refractivity contribution in [2.75, 3.05) is 23.3 Å². The van der Waals surface area contributed by atoms with Crippen LogP contribution in [0.5, 0.6) is 0 Å². The molecule has 1 unspecified atom stereocenters. The zero-order valence-corrected chi connectivity index (χ0v) is 14.2. The molecule has 1 saturated heterocycles. The largest absolute Gasteiger partial charge is 0.388 e. The molecule has 1 aliphatic rings. The smallest absolute Gasteiger partial charge is 0.227 e. The second-order valence-electron chi connectivity index (χ2n) is 6.04. The van der Waals surface area contributed by atoms with Crippen molar-refractivity contribution >= 4 is 28.9 Å². The van der Waals surface area contributed by atoms with Crippen LogP contribution in [0.1, 0.15) is 30.9 Å². The van der Waals surface area contributed by atoms with E-state index in [0.29, 0.717) is 10.7 Å². The highest BCUT2D eigenvalue weighted by atomic mass is 35.5. The molecule has 1 aliphatic heterocycles. The van der Waals surface area contributed by atoms with E-state index in [1.165, 1.54) is 12.8 Å². The van der Waals surface area contributed by atoms with E-state index >= 15 is 0 Å². The fourth-order valence-electron chi connectivity index (χ4n) is 2.98. The number of anilines is 2. The third-order valence-corrected chi connectivity index (χ3v) is 4.54. The van der Waals surface area contributed by atoms with Crippen molar-refractivity contribution in [3.05, 3.63) is 59.1 Å². The minimum atomic E-state index is -0.814. The van der Waals surface area contributed by atoms with Crippen LogP contribution in [0.4, 0.5) is 11.4 Å². The Hall–Kier alpha value is -2.04. The quantitative estimate of drug-likeness (QED) is 0.861. The van der Waals surface area contributed by atoms with Crippen molar-refractivity contribution in [3.63, 3.8) is 0 Å². The Morgan fingerprint density at radius 2 is 1.88 bits per heavy atom. The minimum Gasteiger partial charge on any atom is -0.388 e. The molecule has 0 saturated carbocycles. The molecule has 1 fully saturated rings. The molecule has 24 heavy (non-hydrogen) atoms. The van der Waals surface area contributed by atoms with E-state index in [-0.39, 0.29) is 12.3 Å². The van der Waals surface area contributed by atoms with Gasteiger partial charge in [0.1, 0.15) is 0 Å². The second kappa shape index (κ2) is 7.69. The third-order valence-electron chi connectivity index (χ3n) is 4.24. The first-order valence-corrected chi connectivity index (χ1v) is 8.58. The number of hydrogen-bond donors (Lipinski definition) is 2. The monoisotopic (exact) mass is 344 g/mol. The van der Waals surface area contributed by atoms with Gasteiger partial charge in [-0.3, -0.25) is 4.79 Å². The van der Waals surface area contributed by atoms with E-state index in [4.69, 9.17) is 11.6 Å². The van der Waals surface area contributed by atoms with Crippen LogP contribution in [0.25, 0.3) is 0 Å². The maximum atomic E-state index is 12.1. The molecule has 2 aromatic rings. The molecule has 0 aromatic heterocycles. The van der Waals surface area contributed by atoms with E-state index in [9.17, 15) is 9.90 Å². The van der Waals surface area contributed by atoms with E-state index in [2.05, 4.69) is 10.2 Å². The Morgan fingerprint density at radius 1 is 1.17 bits per heavy atom. The van der Waals surface area contributed by atoms with Gasteiger partial charge in [0.25, 0.3) is 0 Å². The number of benzene rings is 2. The molecule has 5 heteroatoms. The van der Waals surface area contributed by atoms with E-state index in [1.807, 2.05) is 30.3 Å². The Labute approximate surface area is 147 Å². The Bertz CT molecular complexity index is 700. The number of rotatable bonds is 5. The average Bonchev–Trinajstić information content (AvgIpc) is 3.10. The standard InChI is InChI=1S/C19H21ClN2O2/c20-16-12-15(8-9-17(16)22-10-4-5-11-22)21-19(24)13-18(23)14-6-2-1-3-7-14/h1-3,6-9,12,18,23H,4-5,10-11,13H2,(H,21,24). The summed E-state index contributed by atoms with van der Waals surface area (Å²) >= 11 is 6.35. The van der Waals surface area contributed by atoms with Crippen molar-refractivity contribution in [2.24, 2.45) is 0 Å². The lowest BCUT2D eigenvalue weighted by Gasteiger charge is -2.19. The molecular weight excluding hydrogens is 324 g/mol. The van der Waals surface area contributed by atoms with Crippen LogP contribution in [-0.2, 0) is 4.79 Å². The molecule has 3 rings (SSSR count). The van der Waals surface area contributed by atoms with Gasteiger partial charge in [-0.2, -0.15) is 0 Å². The summed E-state index contributed by atoms with van der Waals surface area (Å²) in [5, 5.41) is 13.6. The van der Waals surface area contributed by atoms with Crippen molar-refractivity contribution < 1.29 is 9.90 Å². The normalized spacial score (nSPS) is 15.3. The molecule has 0 radical (unpaired) electrons. The van der Waals surface area contributed by atoms with Crippen LogP contribution in [0.3, 0.4) is 0 Å². The molecule has 1 amide bonds. The molecule has 126 valence electrons. The fraction of sp³-hybridized carbons (Fsp3) is 0.316. The molecule has 1 atom stereocenters. The first-order chi connectivity index (χ1) is 11.6. The van der Waals surface area contributed by atoms with Gasteiger partial charge in [-0.25, -0.2) is 0 Å². The van der Waals surface area contributed by atoms with Gasteiger partial charge in [0.2, 0.25) is 5.91 Å². The SMILES string of the molecule is O=C(CC(O)c1ccccc1)Nc1ccc(N2CCCC2)c(Cl)c1. The maximum Gasteiger partial charge on any atom is 0.227 e. The van der Waals surface area contributed by atoms with Gasteiger partial charge < -0.3 is 15.3 Å². The highest BCUT2D eigenvalue weighted by molar-refractivity contribution is 6.33. The highest BCUT2D eigenvalue weighted by Crippen LogP contribution is 2.31. The van der Waals surface area contributed by atoms with E-state index in [1.54, 1.807) is 18.2 Å². The number of aliphatic hydroxyl groups excluding tert-OH is 1. The molecule has 4 nitrogen and oxygen atoms in total. The van der Waals surface area contributed by atoms with Crippen molar-refractivity contribution in [1.82, 2.24) is 0 Å². The fourth-order valence-corrected chi connectivity index (χ4v) is 3.28. The first-order valence-electron chi connectivity index (χ1n) is 8.21. The van der Waals surface area contributed by atoms with Crippen molar-refractivity contribution in [3.8, 4) is 0 Å². The van der Waals surface area contributed by atoms with Crippen LogP contribution in [0.15, 0.2) is 48.5 Å². The molecule has 1 heterocycles. The maximum absolute atomic E-state index is 12.1.